The molecule has 0 radical (unpaired) electrons. The van der Waals surface area contributed by atoms with Crippen LogP contribution in [0.5, 0.6) is 0 Å². The minimum absolute atomic E-state index is 0.0748. The summed E-state index contributed by atoms with van der Waals surface area (Å²) in [5, 5.41) is 9.12. The first-order chi connectivity index (χ1) is 8.52. The zero-order valence-corrected chi connectivity index (χ0v) is 10.2. The summed E-state index contributed by atoms with van der Waals surface area (Å²) >= 11 is 0. The molecule has 2 amide bonds. The minimum atomic E-state index is -0.443. The lowest BCUT2D eigenvalue weighted by Crippen LogP contribution is -2.28. The Morgan fingerprint density at radius 3 is 2.83 bits per heavy atom. The Hall–Kier alpha value is -1.88. The van der Waals surface area contributed by atoms with E-state index in [1.165, 1.54) is 0 Å². The van der Waals surface area contributed by atoms with Crippen LogP contribution in [0.4, 0.5) is 5.69 Å². The van der Waals surface area contributed by atoms with Crippen molar-refractivity contribution >= 4 is 17.5 Å². The van der Waals surface area contributed by atoms with Gasteiger partial charge in [0.25, 0.3) is 0 Å². The van der Waals surface area contributed by atoms with Crippen LogP contribution in [0.1, 0.15) is 17.5 Å². The molecule has 0 bridgehead atoms. The number of nitrogens with two attached hydrogens (primary N) is 1. The Bertz CT molecular complexity index is 499. The molecule has 0 spiro atoms. The molecule has 1 fully saturated rings. The van der Waals surface area contributed by atoms with Gasteiger partial charge in [0.1, 0.15) is 0 Å². The third-order valence-electron chi connectivity index (χ3n) is 3.27. The molecule has 0 saturated carbocycles. The smallest absolute Gasteiger partial charge is 0.227 e. The SMILES string of the molecule is Cc1ccc(CO)cc1N1CC(C(N)=O)CC1=O. The van der Waals surface area contributed by atoms with E-state index in [1.807, 2.05) is 19.1 Å². The lowest BCUT2D eigenvalue weighted by molar-refractivity contribution is -0.123. The van der Waals surface area contributed by atoms with Crippen molar-refractivity contribution in [3.8, 4) is 0 Å². The molecule has 0 aliphatic carbocycles. The van der Waals surface area contributed by atoms with Gasteiger partial charge in [-0.3, -0.25) is 9.59 Å². The third-order valence-corrected chi connectivity index (χ3v) is 3.27. The molecule has 1 heterocycles. The second kappa shape index (κ2) is 4.78. The summed E-state index contributed by atoms with van der Waals surface area (Å²) in [6.07, 6.45) is 0.165. The fraction of sp³-hybridized carbons (Fsp3) is 0.385. The molecule has 5 heteroatoms. The van der Waals surface area contributed by atoms with Gasteiger partial charge >= 0.3 is 0 Å². The van der Waals surface area contributed by atoms with Gasteiger partial charge in [0.15, 0.2) is 0 Å². The fourth-order valence-corrected chi connectivity index (χ4v) is 2.18. The summed E-state index contributed by atoms with van der Waals surface area (Å²) in [6, 6.07) is 5.44. The number of nitrogens with zero attached hydrogens (tertiary/aromatic N) is 1. The maximum absolute atomic E-state index is 11.9. The molecule has 1 unspecified atom stereocenters. The van der Waals surface area contributed by atoms with E-state index in [2.05, 4.69) is 0 Å². The number of hydrogen-bond donors (Lipinski definition) is 2. The maximum atomic E-state index is 11.9. The van der Waals surface area contributed by atoms with Crippen LogP contribution in [0.15, 0.2) is 18.2 Å². The van der Waals surface area contributed by atoms with Crippen molar-refractivity contribution in [3.63, 3.8) is 0 Å². The standard InChI is InChI=1S/C13H16N2O3/c1-8-2-3-9(7-16)4-11(8)15-6-10(13(14)18)5-12(15)17/h2-4,10,16H,5-7H2,1H3,(H2,14,18). The second-order valence-electron chi connectivity index (χ2n) is 4.59. The normalized spacial score (nSPS) is 19.3. The van der Waals surface area contributed by atoms with Crippen LogP contribution >= 0.6 is 0 Å². The highest BCUT2D eigenvalue weighted by Crippen LogP contribution is 2.28. The number of carbonyl (C=O) groups is 2. The minimum Gasteiger partial charge on any atom is -0.392 e. The molecule has 1 aromatic rings. The molecule has 1 aliphatic rings. The van der Waals surface area contributed by atoms with E-state index >= 15 is 0 Å². The van der Waals surface area contributed by atoms with Crippen LogP contribution in [-0.2, 0) is 16.2 Å². The Kier molecular flexibility index (Phi) is 3.34. The van der Waals surface area contributed by atoms with Crippen LogP contribution in [0, 0.1) is 12.8 Å². The number of anilines is 1. The van der Waals surface area contributed by atoms with Crippen molar-refractivity contribution in [2.75, 3.05) is 11.4 Å². The Labute approximate surface area is 105 Å². The summed E-state index contributed by atoms with van der Waals surface area (Å²) in [4.78, 5) is 24.6. The molecule has 2 rings (SSSR count). The average Bonchev–Trinajstić information content (AvgIpc) is 2.72. The van der Waals surface area contributed by atoms with E-state index < -0.39 is 11.8 Å². The largest absolute Gasteiger partial charge is 0.392 e. The first kappa shape index (κ1) is 12.6. The van der Waals surface area contributed by atoms with Crippen LogP contribution in [0.3, 0.4) is 0 Å². The maximum Gasteiger partial charge on any atom is 0.227 e. The predicted molar refractivity (Wildman–Crippen MR) is 66.8 cm³/mol. The average molecular weight is 248 g/mol. The number of aliphatic hydroxyl groups excluding tert-OH is 1. The summed E-state index contributed by atoms with van der Waals surface area (Å²) in [7, 11) is 0. The van der Waals surface area contributed by atoms with Crippen LogP contribution in [0.2, 0.25) is 0 Å². The van der Waals surface area contributed by atoms with Crippen LogP contribution in [0.25, 0.3) is 0 Å². The van der Waals surface area contributed by atoms with Gasteiger partial charge in [-0.15, -0.1) is 0 Å². The van der Waals surface area contributed by atoms with Crippen LogP contribution in [-0.4, -0.2) is 23.5 Å². The van der Waals surface area contributed by atoms with E-state index in [1.54, 1.807) is 11.0 Å². The molecule has 1 saturated heterocycles. The molecule has 3 N–H and O–H groups in total. The zero-order valence-electron chi connectivity index (χ0n) is 10.2. The molecule has 18 heavy (non-hydrogen) atoms. The lowest BCUT2D eigenvalue weighted by Gasteiger charge is -2.19. The second-order valence-corrected chi connectivity index (χ2v) is 4.59. The van der Waals surface area contributed by atoms with Gasteiger partial charge in [0.2, 0.25) is 11.8 Å². The number of aryl methyl sites for hydroxylation is 1. The summed E-state index contributed by atoms with van der Waals surface area (Å²) in [5.41, 5.74) is 7.66. The zero-order chi connectivity index (χ0) is 13.3. The van der Waals surface area contributed by atoms with Gasteiger partial charge in [-0.05, 0) is 24.1 Å². The van der Waals surface area contributed by atoms with Gasteiger partial charge in [0.05, 0.1) is 12.5 Å². The van der Waals surface area contributed by atoms with Gasteiger partial charge in [-0.1, -0.05) is 12.1 Å². The highest BCUT2D eigenvalue weighted by atomic mass is 16.3. The highest BCUT2D eigenvalue weighted by Gasteiger charge is 2.34. The molecule has 0 aromatic heterocycles. The number of rotatable bonds is 3. The number of benzene rings is 1. The Balaban J connectivity index is 2.32. The monoisotopic (exact) mass is 248 g/mol. The van der Waals surface area contributed by atoms with E-state index in [0.717, 1.165) is 16.8 Å². The van der Waals surface area contributed by atoms with Gasteiger partial charge in [0, 0.05) is 18.7 Å². The van der Waals surface area contributed by atoms with Crippen LogP contribution < -0.4 is 10.6 Å². The van der Waals surface area contributed by atoms with Crippen molar-refractivity contribution in [3.05, 3.63) is 29.3 Å². The molecule has 1 atom stereocenters. The fourth-order valence-electron chi connectivity index (χ4n) is 2.18. The quantitative estimate of drug-likeness (QED) is 0.808. The van der Waals surface area contributed by atoms with Crippen molar-refractivity contribution < 1.29 is 14.7 Å². The van der Waals surface area contributed by atoms with Crippen molar-refractivity contribution in [1.82, 2.24) is 0 Å². The van der Waals surface area contributed by atoms with Crippen molar-refractivity contribution in [2.45, 2.75) is 20.0 Å². The third kappa shape index (κ3) is 2.22. The number of amides is 2. The number of hydrogen-bond acceptors (Lipinski definition) is 3. The summed E-state index contributed by atoms with van der Waals surface area (Å²) in [5.74, 6) is -0.964. The van der Waals surface area contributed by atoms with Gasteiger partial charge in [-0.2, -0.15) is 0 Å². The van der Waals surface area contributed by atoms with Gasteiger partial charge < -0.3 is 15.7 Å². The van der Waals surface area contributed by atoms with Gasteiger partial charge in [-0.25, -0.2) is 0 Å². The first-order valence-corrected chi connectivity index (χ1v) is 5.83. The summed E-state index contributed by atoms with van der Waals surface area (Å²) in [6.45, 7) is 2.14. The number of carbonyl (C=O) groups excluding carboxylic acids is 2. The molecule has 1 aliphatic heterocycles. The lowest BCUT2D eigenvalue weighted by atomic mass is 10.1. The Morgan fingerprint density at radius 1 is 1.56 bits per heavy atom. The van der Waals surface area contributed by atoms with E-state index in [0.29, 0.717) is 6.54 Å². The Morgan fingerprint density at radius 2 is 2.28 bits per heavy atom. The predicted octanol–water partition coefficient (Wildman–Crippen LogP) is 0.326. The summed E-state index contributed by atoms with van der Waals surface area (Å²) < 4.78 is 0. The van der Waals surface area contributed by atoms with E-state index in [4.69, 9.17) is 10.8 Å². The number of primary amides is 1. The molecule has 1 aromatic carbocycles. The molecule has 5 nitrogen and oxygen atoms in total. The van der Waals surface area contributed by atoms with E-state index in [-0.39, 0.29) is 18.9 Å². The topological polar surface area (TPSA) is 83.6 Å². The van der Waals surface area contributed by atoms with Crippen molar-refractivity contribution in [2.24, 2.45) is 11.7 Å². The van der Waals surface area contributed by atoms with Crippen molar-refractivity contribution in [1.29, 1.82) is 0 Å². The molecular weight excluding hydrogens is 232 g/mol. The van der Waals surface area contributed by atoms with E-state index in [9.17, 15) is 9.59 Å². The first-order valence-electron chi connectivity index (χ1n) is 5.83. The number of aliphatic hydroxyl groups is 1. The molecular formula is C13H16N2O3. The molecule has 96 valence electrons. The highest BCUT2D eigenvalue weighted by molar-refractivity contribution is 6.00.